The number of nitrogens with one attached hydrogen (secondary N) is 1. The molecule has 11 nitrogen and oxygen atoms in total. The molecule has 2 aromatic rings. The number of carbonyl (C=O) groups excluding carboxylic acids is 2. The number of rotatable bonds is 7. The molecule has 0 aliphatic carbocycles. The van der Waals surface area contributed by atoms with E-state index in [1.165, 1.54) is 33.6 Å². The lowest BCUT2D eigenvalue weighted by atomic mass is 10.3. The third kappa shape index (κ3) is 4.05. The Kier molecular flexibility index (Phi) is 5.70. The van der Waals surface area contributed by atoms with Gasteiger partial charge in [0.05, 0.1) is 16.8 Å². The number of hydrogen-bond acceptors (Lipinski definition) is 6. The topological polar surface area (TPSA) is 128 Å². The van der Waals surface area contributed by atoms with E-state index in [9.17, 15) is 19.7 Å². The molecular weight excluding hydrogens is 342 g/mol. The Morgan fingerprint density at radius 3 is 2.62 bits per heavy atom. The van der Waals surface area contributed by atoms with Crippen molar-refractivity contribution >= 4 is 23.2 Å². The van der Waals surface area contributed by atoms with Crippen molar-refractivity contribution < 1.29 is 14.5 Å². The predicted octanol–water partition coefficient (Wildman–Crippen LogP) is 1.05. The Labute approximate surface area is 149 Å². The number of amides is 2. The second kappa shape index (κ2) is 7.76. The minimum atomic E-state index is -0.517. The largest absolute Gasteiger partial charge is 0.343 e. The van der Waals surface area contributed by atoms with Gasteiger partial charge in [0.1, 0.15) is 17.6 Å². The summed E-state index contributed by atoms with van der Waals surface area (Å²) in [5.41, 5.74) is 0.835. The molecule has 26 heavy (non-hydrogen) atoms. The standard InChI is InChI=1S/C15H21N7O4/c1-5-21-14(15(24)19(3)4)11(8-16-21)17-13(23)6-7-20-9-12(22(25)26)10(2)18-20/h8-9H,5-7H2,1-4H3,(H,17,23). The molecule has 0 aliphatic heterocycles. The molecule has 0 bridgehead atoms. The van der Waals surface area contributed by atoms with E-state index in [4.69, 9.17) is 0 Å². The number of aryl methyl sites for hydroxylation is 3. The van der Waals surface area contributed by atoms with Gasteiger partial charge in [0.15, 0.2) is 0 Å². The van der Waals surface area contributed by atoms with Crippen molar-refractivity contribution in [3.05, 3.63) is 33.9 Å². The fourth-order valence-corrected chi connectivity index (χ4v) is 2.38. The molecule has 2 aromatic heterocycles. The summed E-state index contributed by atoms with van der Waals surface area (Å²) in [4.78, 5) is 36.2. The fraction of sp³-hybridized carbons (Fsp3) is 0.467. The highest BCUT2D eigenvalue weighted by Gasteiger charge is 2.21. The lowest BCUT2D eigenvalue weighted by Gasteiger charge is -2.13. The third-order valence-corrected chi connectivity index (χ3v) is 3.71. The Morgan fingerprint density at radius 1 is 1.38 bits per heavy atom. The molecule has 0 unspecified atom stereocenters. The minimum Gasteiger partial charge on any atom is -0.343 e. The minimum absolute atomic E-state index is 0.0468. The van der Waals surface area contributed by atoms with Gasteiger partial charge in [-0.2, -0.15) is 10.2 Å². The van der Waals surface area contributed by atoms with Crippen LogP contribution in [0.5, 0.6) is 0 Å². The molecule has 0 fully saturated rings. The maximum Gasteiger partial charge on any atom is 0.309 e. The molecule has 0 saturated heterocycles. The Hall–Kier alpha value is -3.24. The average molecular weight is 363 g/mol. The van der Waals surface area contributed by atoms with E-state index < -0.39 is 4.92 Å². The first-order valence-electron chi connectivity index (χ1n) is 8.00. The van der Waals surface area contributed by atoms with Crippen LogP contribution in [-0.4, -0.2) is 55.3 Å². The monoisotopic (exact) mass is 363 g/mol. The number of aromatic nitrogens is 4. The van der Waals surface area contributed by atoms with Gasteiger partial charge < -0.3 is 10.2 Å². The van der Waals surface area contributed by atoms with Crippen LogP contribution in [0, 0.1) is 17.0 Å². The van der Waals surface area contributed by atoms with Gasteiger partial charge in [0, 0.05) is 33.6 Å². The first-order valence-corrected chi connectivity index (χ1v) is 8.00. The summed E-state index contributed by atoms with van der Waals surface area (Å²) in [5, 5.41) is 21.6. The van der Waals surface area contributed by atoms with E-state index in [1.54, 1.807) is 14.1 Å². The molecule has 0 radical (unpaired) electrons. The molecule has 2 rings (SSSR count). The van der Waals surface area contributed by atoms with Gasteiger partial charge in [-0.05, 0) is 13.8 Å². The number of nitro groups is 1. The van der Waals surface area contributed by atoms with Gasteiger partial charge in [-0.15, -0.1) is 0 Å². The summed E-state index contributed by atoms with van der Waals surface area (Å²) in [6.07, 6.45) is 2.77. The lowest BCUT2D eigenvalue weighted by Crippen LogP contribution is -2.26. The van der Waals surface area contributed by atoms with Crippen molar-refractivity contribution in [3.63, 3.8) is 0 Å². The zero-order chi connectivity index (χ0) is 19.4. The highest BCUT2D eigenvalue weighted by atomic mass is 16.6. The Balaban J connectivity index is 2.06. The zero-order valence-electron chi connectivity index (χ0n) is 15.1. The molecule has 1 N–H and O–H groups in total. The normalized spacial score (nSPS) is 10.6. The van der Waals surface area contributed by atoms with Crippen molar-refractivity contribution in [1.82, 2.24) is 24.5 Å². The third-order valence-electron chi connectivity index (χ3n) is 3.71. The SMILES string of the molecule is CCn1ncc(NC(=O)CCn2cc([N+](=O)[O-])c(C)n2)c1C(=O)N(C)C. The van der Waals surface area contributed by atoms with Gasteiger partial charge in [0.2, 0.25) is 5.91 Å². The van der Waals surface area contributed by atoms with Crippen LogP contribution in [0.1, 0.15) is 29.5 Å². The van der Waals surface area contributed by atoms with Crippen LogP contribution in [0.4, 0.5) is 11.4 Å². The molecule has 0 atom stereocenters. The van der Waals surface area contributed by atoms with Crippen molar-refractivity contribution in [2.45, 2.75) is 33.4 Å². The van der Waals surface area contributed by atoms with Crippen LogP contribution < -0.4 is 5.32 Å². The number of nitrogens with zero attached hydrogens (tertiary/aromatic N) is 6. The summed E-state index contributed by atoms with van der Waals surface area (Å²) >= 11 is 0. The molecule has 2 amide bonds. The van der Waals surface area contributed by atoms with Crippen molar-refractivity contribution in [2.75, 3.05) is 19.4 Å². The number of carbonyl (C=O) groups is 2. The predicted molar refractivity (Wildman–Crippen MR) is 92.8 cm³/mol. The van der Waals surface area contributed by atoms with E-state index >= 15 is 0 Å². The van der Waals surface area contributed by atoms with Crippen LogP contribution >= 0.6 is 0 Å². The summed E-state index contributed by atoms with van der Waals surface area (Å²) in [7, 11) is 3.24. The van der Waals surface area contributed by atoms with Gasteiger partial charge in [0.25, 0.3) is 5.91 Å². The summed E-state index contributed by atoms with van der Waals surface area (Å²) in [6, 6.07) is 0. The molecule has 0 spiro atoms. The van der Waals surface area contributed by atoms with Crippen molar-refractivity contribution in [1.29, 1.82) is 0 Å². The van der Waals surface area contributed by atoms with Crippen LogP contribution in [-0.2, 0) is 17.9 Å². The van der Waals surface area contributed by atoms with Gasteiger partial charge in [-0.3, -0.25) is 29.1 Å². The molecule has 11 heteroatoms. The molecule has 0 aliphatic rings. The maximum absolute atomic E-state index is 12.3. The second-order valence-corrected chi connectivity index (χ2v) is 5.84. The van der Waals surface area contributed by atoms with Gasteiger partial charge in [-0.1, -0.05) is 0 Å². The number of hydrogen-bond donors (Lipinski definition) is 1. The average Bonchev–Trinajstić information content (AvgIpc) is 3.15. The smallest absolute Gasteiger partial charge is 0.309 e. The number of anilines is 1. The van der Waals surface area contributed by atoms with Crippen LogP contribution in [0.3, 0.4) is 0 Å². The second-order valence-electron chi connectivity index (χ2n) is 5.84. The van der Waals surface area contributed by atoms with E-state index in [-0.39, 0.29) is 30.5 Å². The van der Waals surface area contributed by atoms with Crippen LogP contribution in [0.15, 0.2) is 12.4 Å². The van der Waals surface area contributed by atoms with Crippen molar-refractivity contribution in [2.24, 2.45) is 0 Å². The zero-order valence-corrected chi connectivity index (χ0v) is 15.1. The van der Waals surface area contributed by atoms with E-state index in [2.05, 4.69) is 15.5 Å². The molecule has 2 heterocycles. The quantitative estimate of drug-likeness (QED) is 0.578. The van der Waals surface area contributed by atoms with Gasteiger partial charge in [-0.25, -0.2) is 0 Å². The first kappa shape index (κ1) is 19.1. The first-order chi connectivity index (χ1) is 12.2. The Morgan fingerprint density at radius 2 is 2.08 bits per heavy atom. The summed E-state index contributed by atoms with van der Waals surface area (Å²) in [6.45, 7) is 4.05. The highest BCUT2D eigenvalue weighted by Crippen LogP contribution is 2.18. The van der Waals surface area contributed by atoms with Gasteiger partial charge >= 0.3 is 5.69 Å². The summed E-state index contributed by atoms with van der Waals surface area (Å²) in [5.74, 6) is -0.609. The molecule has 140 valence electrons. The maximum atomic E-state index is 12.3. The van der Waals surface area contributed by atoms with E-state index in [0.29, 0.717) is 23.6 Å². The highest BCUT2D eigenvalue weighted by molar-refractivity contribution is 6.02. The fourth-order valence-electron chi connectivity index (χ4n) is 2.38. The van der Waals surface area contributed by atoms with E-state index in [1.807, 2.05) is 6.92 Å². The lowest BCUT2D eigenvalue weighted by molar-refractivity contribution is -0.385. The van der Waals surface area contributed by atoms with Crippen LogP contribution in [0.25, 0.3) is 0 Å². The Bertz CT molecular complexity index is 837. The molecule has 0 aromatic carbocycles. The van der Waals surface area contributed by atoms with E-state index in [0.717, 1.165) is 0 Å². The van der Waals surface area contributed by atoms with Crippen molar-refractivity contribution in [3.8, 4) is 0 Å². The summed E-state index contributed by atoms with van der Waals surface area (Å²) < 4.78 is 2.87. The van der Waals surface area contributed by atoms with Crippen LogP contribution in [0.2, 0.25) is 0 Å². The molecule has 0 saturated carbocycles. The molecular formula is C15H21N7O4.